The van der Waals surface area contributed by atoms with Crippen molar-refractivity contribution >= 4 is 23.4 Å². The summed E-state index contributed by atoms with van der Waals surface area (Å²) in [4.78, 5) is 36.5. The molecule has 2 N–H and O–H groups in total. The maximum absolute atomic E-state index is 12.9. The molecule has 2 aromatic heterocycles. The SMILES string of the molecule is O=C1N[C@@H](Cc2cnc[nH]2)C(=O)N2CCN(Cc3cnn(-c4cccc(Cl)c4)c3)C[C@H]12. The highest BCUT2D eigenvalue weighted by Crippen LogP contribution is 2.20. The molecule has 3 aromatic rings. The highest BCUT2D eigenvalue weighted by molar-refractivity contribution is 6.30. The Morgan fingerprint density at radius 2 is 2.10 bits per heavy atom. The fourth-order valence-electron chi connectivity index (χ4n) is 4.22. The number of carbonyl (C=O) groups is 2. The van der Waals surface area contributed by atoms with Crippen LogP contribution in [0.2, 0.25) is 5.02 Å². The first-order valence-electron chi connectivity index (χ1n) is 10.2. The molecule has 2 aliphatic heterocycles. The number of aromatic nitrogens is 4. The molecule has 2 aliphatic rings. The first-order chi connectivity index (χ1) is 15.1. The van der Waals surface area contributed by atoms with Gasteiger partial charge in [0.1, 0.15) is 12.1 Å². The molecule has 1 aromatic carbocycles. The van der Waals surface area contributed by atoms with E-state index in [-0.39, 0.29) is 11.8 Å². The third-order valence-corrected chi connectivity index (χ3v) is 5.99. The van der Waals surface area contributed by atoms with Crippen LogP contribution in [0.4, 0.5) is 0 Å². The van der Waals surface area contributed by atoms with Crippen molar-refractivity contribution in [2.24, 2.45) is 0 Å². The van der Waals surface area contributed by atoms with Gasteiger partial charge in [0.25, 0.3) is 0 Å². The summed E-state index contributed by atoms with van der Waals surface area (Å²) in [5, 5.41) is 7.97. The summed E-state index contributed by atoms with van der Waals surface area (Å²) in [6.07, 6.45) is 7.44. The minimum absolute atomic E-state index is 0.0346. The predicted molar refractivity (Wildman–Crippen MR) is 114 cm³/mol. The average molecular weight is 440 g/mol. The smallest absolute Gasteiger partial charge is 0.246 e. The van der Waals surface area contributed by atoms with Crippen LogP contribution in [0.3, 0.4) is 0 Å². The number of amides is 2. The van der Waals surface area contributed by atoms with Gasteiger partial charge in [-0.25, -0.2) is 9.67 Å². The van der Waals surface area contributed by atoms with Gasteiger partial charge in [0.15, 0.2) is 0 Å². The van der Waals surface area contributed by atoms with Crippen molar-refractivity contribution in [2.75, 3.05) is 19.6 Å². The van der Waals surface area contributed by atoms with Gasteiger partial charge in [0, 0.05) is 61.3 Å². The van der Waals surface area contributed by atoms with Gasteiger partial charge >= 0.3 is 0 Å². The van der Waals surface area contributed by atoms with Gasteiger partial charge in [-0.05, 0) is 18.2 Å². The Labute approximate surface area is 184 Å². The predicted octanol–water partition coefficient (Wildman–Crippen LogP) is 1.00. The molecule has 0 unspecified atom stereocenters. The van der Waals surface area contributed by atoms with Crippen LogP contribution in [0.5, 0.6) is 0 Å². The van der Waals surface area contributed by atoms with E-state index in [1.54, 1.807) is 22.1 Å². The minimum atomic E-state index is -0.549. The fraction of sp³-hybridized carbons (Fsp3) is 0.333. The van der Waals surface area contributed by atoms with Crippen LogP contribution in [-0.4, -0.2) is 73.1 Å². The lowest BCUT2D eigenvalue weighted by Gasteiger charge is -2.45. The van der Waals surface area contributed by atoms with Crippen molar-refractivity contribution in [1.29, 1.82) is 0 Å². The summed E-state index contributed by atoms with van der Waals surface area (Å²) < 4.78 is 1.79. The van der Waals surface area contributed by atoms with Crippen molar-refractivity contribution in [1.82, 2.24) is 34.9 Å². The largest absolute Gasteiger partial charge is 0.348 e. The molecule has 0 saturated carbocycles. The molecule has 2 atom stereocenters. The lowest BCUT2D eigenvalue weighted by atomic mass is 10.0. The molecule has 160 valence electrons. The Hall–Kier alpha value is -3.17. The van der Waals surface area contributed by atoms with Crippen LogP contribution >= 0.6 is 11.6 Å². The van der Waals surface area contributed by atoms with Gasteiger partial charge in [0.2, 0.25) is 11.8 Å². The molecule has 10 heteroatoms. The van der Waals surface area contributed by atoms with E-state index in [0.717, 1.165) is 16.9 Å². The number of imidazole rings is 1. The Morgan fingerprint density at radius 3 is 2.90 bits per heavy atom. The molecule has 4 heterocycles. The summed E-state index contributed by atoms with van der Waals surface area (Å²) in [5.74, 6) is -0.143. The Bertz CT molecular complexity index is 1100. The standard InChI is InChI=1S/C21H22ClN7O2/c22-15-2-1-3-17(6-15)29-11-14(8-25-29)10-27-4-5-28-19(12-27)20(30)26-18(21(28)31)7-16-9-23-13-24-16/h1-3,6,8-9,11,13,18-19H,4-5,7,10,12H2,(H,23,24)(H,26,30)/t18-,19+/m0/s1. The quantitative estimate of drug-likeness (QED) is 0.618. The lowest BCUT2D eigenvalue weighted by Crippen LogP contribution is -2.69. The minimum Gasteiger partial charge on any atom is -0.348 e. The Balaban J connectivity index is 1.23. The van der Waals surface area contributed by atoms with Crippen molar-refractivity contribution < 1.29 is 9.59 Å². The molecule has 0 bridgehead atoms. The van der Waals surface area contributed by atoms with Crippen LogP contribution < -0.4 is 5.32 Å². The van der Waals surface area contributed by atoms with E-state index in [4.69, 9.17) is 11.6 Å². The van der Waals surface area contributed by atoms with Crippen LogP contribution in [0.1, 0.15) is 11.3 Å². The molecular formula is C21H22ClN7O2. The number of fused-ring (bicyclic) bond motifs is 1. The van der Waals surface area contributed by atoms with E-state index in [1.807, 2.05) is 36.7 Å². The highest BCUT2D eigenvalue weighted by atomic mass is 35.5. The second-order valence-corrected chi connectivity index (χ2v) is 8.33. The number of piperazine rings is 2. The topological polar surface area (TPSA) is 99.1 Å². The molecule has 2 fully saturated rings. The second kappa shape index (κ2) is 8.16. The van der Waals surface area contributed by atoms with Gasteiger partial charge in [-0.1, -0.05) is 17.7 Å². The Morgan fingerprint density at radius 1 is 1.19 bits per heavy atom. The molecule has 31 heavy (non-hydrogen) atoms. The summed E-state index contributed by atoms with van der Waals surface area (Å²) in [6.45, 7) is 2.38. The molecule has 5 rings (SSSR count). The number of H-pyrrole nitrogens is 1. The van der Waals surface area contributed by atoms with Gasteiger partial charge in [0.05, 0.1) is 18.2 Å². The van der Waals surface area contributed by atoms with Crippen molar-refractivity contribution in [2.45, 2.75) is 25.0 Å². The first kappa shape index (κ1) is 19.8. The second-order valence-electron chi connectivity index (χ2n) is 7.90. The zero-order chi connectivity index (χ0) is 21.4. The normalized spacial score (nSPS) is 21.8. The number of hydrogen-bond acceptors (Lipinski definition) is 5. The summed E-state index contributed by atoms with van der Waals surface area (Å²) >= 11 is 6.07. The summed E-state index contributed by atoms with van der Waals surface area (Å²) in [5.41, 5.74) is 2.75. The maximum atomic E-state index is 12.9. The number of hydrogen-bond donors (Lipinski definition) is 2. The van der Waals surface area contributed by atoms with Crippen LogP contribution in [-0.2, 0) is 22.6 Å². The van der Waals surface area contributed by atoms with Gasteiger partial charge in [-0.3, -0.25) is 14.5 Å². The van der Waals surface area contributed by atoms with Crippen molar-refractivity contribution in [3.8, 4) is 5.69 Å². The molecule has 0 spiro atoms. The number of aromatic amines is 1. The molecule has 0 radical (unpaired) electrons. The van der Waals surface area contributed by atoms with Crippen LogP contribution in [0.15, 0.2) is 49.2 Å². The Kier molecular flexibility index (Phi) is 5.21. The lowest BCUT2D eigenvalue weighted by molar-refractivity contribution is -0.153. The van der Waals surface area contributed by atoms with E-state index in [9.17, 15) is 9.59 Å². The third kappa shape index (κ3) is 4.06. The van der Waals surface area contributed by atoms with Crippen molar-refractivity contribution in [3.63, 3.8) is 0 Å². The molecule has 2 amide bonds. The first-order valence-corrected chi connectivity index (χ1v) is 10.5. The molecule has 2 saturated heterocycles. The number of nitrogens with one attached hydrogen (secondary N) is 2. The number of nitrogens with zero attached hydrogens (tertiary/aromatic N) is 5. The zero-order valence-corrected chi connectivity index (χ0v) is 17.5. The maximum Gasteiger partial charge on any atom is 0.246 e. The average Bonchev–Trinajstić information content (AvgIpc) is 3.44. The number of rotatable bonds is 5. The van der Waals surface area contributed by atoms with Crippen LogP contribution in [0, 0.1) is 0 Å². The van der Waals surface area contributed by atoms with E-state index < -0.39 is 12.1 Å². The zero-order valence-electron chi connectivity index (χ0n) is 16.7. The molecule has 0 aliphatic carbocycles. The van der Waals surface area contributed by atoms with E-state index in [2.05, 4.69) is 25.3 Å². The monoisotopic (exact) mass is 439 g/mol. The van der Waals surface area contributed by atoms with Gasteiger partial charge in [-0.15, -0.1) is 0 Å². The van der Waals surface area contributed by atoms with E-state index in [1.165, 1.54) is 0 Å². The van der Waals surface area contributed by atoms with Crippen molar-refractivity contribution in [3.05, 3.63) is 65.5 Å². The fourth-order valence-corrected chi connectivity index (χ4v) is 4.40. The van der Waals surface area contributed by atoms with Gasteiger partial charge in [-0.2, -0.15) is 5.10 Å². The number of carbonyl (C=O) groups excluding carboxylic acids is 2. The molecular weight excluding hydrogens is 418 g/mol. The third-order valence-electron chi connectivity index (χ3n) is 5.76. The number of halogens is 1. The van der Waals surface area contributed by atoms with Gasteiger partial charge < -0.3 is 15.2 Å². The number of benzene rings is 1. The van der Waals surface area contributed by atoms with E-state index >= 15 is 0 Å². The van der Waals surface area contributed by atoms with E-state index in [0.29, 0.717) is 37.6 Å². The summed E-state index contributed by atoms with van der Waals surface area (Å²) in [6, 6.07) is 6.49. The molecule has 9 nitrogen and oxygen atoms in total. The van der Waals surface area contributed by atoms with Crippen LogP contribution in [0.25, 0.3) is 5.69 Å². The highest BCUT2D eigenvalue weighted by Gasteiger charge is 2.43. The summed E-state index contributed by atoms with van der Waals surface area (Å²) in [7, 11) is 0.